The largest absolute Gasteiger partial charge is 0.378 e. The van der Waals surface area contributed by atoms with Gasteiger partial charge in [0.1, 0.15) is 0 Å². The molecule has 6 heteroatoms. The van der Waals surface area contributed by atoms with E-state index >= 15 is 0 Å². The molecule has 0 radical (unpaired) electrons. The van der Waals surface area contributed by atoms with Crippen molar-refractivity contribution in [3.8, 4) is 0 Å². The van der Waals surface area contributed by atoms with Crippen LogP contribution in [0.1, 0.15) is 12.8 Å². The second-order valence-corrected chi connectivity index (χ2v) is 4.37. The Labute approximate surface area is 106 Å². The number of morpholine rings is 1. The van der Waals surface area contributed by atoms with E-state index in [1.54, 1.807) is 12.3 Å². The molecule has 0 amide bonds. The molecule has 1 aromatic heterocycles. The Bertz CT molecular complexity index is 426. The molecular weight excluding hydrogens is 232 g/mol. The van der Waals surface area contributed by atoms with Crippen LogP contribution in [0.15, 0.2) is 17.1 Å². The minimum Gasteiger partial charge on any atom is -0.378 e. The number of aromatic nitrogens is 2. The first-order chi connectivity index (χ1) is 8.81. The van der Waals surface area contributed by atoms with Crippen LogP contribution in [0.3, 0.4) is 0 Å². The first kappa shape index (κ1) is 13.0. The Hall–Kier alpha value is -1.40. The van der Waals surface area contributed by atoms with Crippen molar-refractivity contribution < 1.29 is 4.74 Å². The number of nitrogens with two attached hydrogens (primary N) is 1. The third-order valence-corrected chi connectivity index (χ3v) is 3.06. The number of aryl methyl sites for hydroxylation is 1. The zero-order valence-corrected chi connectivity index (χ0v) is 10.5. The number of nitrogens with zero attached hydrogens (tertiary/aromatic N) is 3. The van der Waals surface area contributed by atoms with E-state index in [-0.39, 0.29) is 5.56 Å². The summed E-state index contributed by atoms with van der Waals surface area (Å²) in [5.41, 5.74) is 6.27. The monoisotopic (exact) mass is 252 g/mol. The smallest absolute Gasteiger partial charge is 0.268 e. The van der Waals surface area contributed by atoms with Gasteiger partial charge in [0.2, 0.25) is 0 Å². The van der Waals surface area contributed by atoms with Gasteiger partial charge in [-0.3, -0.25) is 4.79 Å². The predicted molar refractivity (Wildman–Crippen MR) is 69.8 cm³/mol. The lowest BCUT2D eigenvalue weighted by atomic mass is 10.3. The van der Waals surface area contributed by atoms with Crippen LogP contribution in [0.5, 0.6) is 0 Å². The summed E-state index contributed by atoms with van der Waals surface area (Å²) in [4.78, 5) is 14.0. The Morgan fingerprint density at radius 2 is 2.11 bits per heavy atom. The Morgan fingerprint density at radius 1 is 1.33 bits per heavy atom. The van der Waals surface area contributed by atoms with E-state index < -0.39 is 0 Å². The zero-order chi connectivity index (χ0) is 12.8. The molecule has 2 rings (SSSR count). The molecule has 1 aliphatic heterocycles. The van der Waals surface area contributed by atoms with Crippen LogP contribution >= 0.6 is 0 Å². The van der Waals surface area contributed by atoms with Gasteiger partial charge in [-0.15, -0.1) is 0 Å². The van der Waals surface area contributed by atoms with Gasteiger partial charge in [0, 0.05) is 25.7 Å². The fourth-order valence-electron chi connectivity index (χ4n) is 1.99. The number of hydrogen-bond acceptors (Lipinski definition) is 5. The summed E-state index contributed by atoms with van der Waals surface area (Å²) in [6.07, 6.45) is 3.56. The van der Waals surface area contributed by atoms with Crippen LogP contribution in [0.4, 0.5) is 5.69 Å². The van der Waals surface area contributed by atoms with Crippen LogP contribution < -0.4 is 16.2 Å². The predicted octanol–water partition coefficient (Wildman–Crippen LogP) is -0.181. The van der Waals surface area contributed by atoms with Crippen molar-refractivity contribution in [2.75, 3.05) is 37.7 Å². The molecule has 6 nitrogen and oxygen atoms in total. The van der Waals surface area contributed by atoms with Crippen molar-refractivity contribution in [1.29, 1.82) is 0 Å². The summed E-state index contributed by atoms with van der Waals surface area (Å²) in [7, 11) is 0. The number of rotatable bonds is 5. The highest BCUT2D eigenvalue weighted by Gasteiger charge is 2.12. The summed E-state index contributed by atoms with van der Waals surface area (Å²) < 4.78 is 6.78. The van der Waals surface area contributed by atoms with E-state index in [1.165, 1.54) is 4.68 Å². The van der Waals surface area contributed by atoms with Crippen molar-refractivity contribution in [3.63, 3.8) is 0 Å². The van der Waals surface area contributed by atoms with Crippen LogP contribution in [0, 0.1) is 0 Å². The lowest BCUT2D eigenvalue weighted by Crippen LogP contribution is -2.37. The first-order valence-corrected chi connectivity index (χ1v) is 6.41. The standard InChI is InChI=1S/C12H20N4O2/c13-3-1-2-4-16-12(17)9-11(10-14-16)15-5-7-18-8-6-15/h9-10H,1-8,13H2. The summed E-state index contributed by atoms with van der Waals surface area (Å²) in [6, 6.07) is 1.65. The second-order valence-electron chi connectivity index (χ2n) is 4.37. The molecule has 18 heavy (non-hydrogen) atoms. The van der Waals surface area contributed by atoms with Crippen LogP contribution in [-0.2, 0) is 11.3 Å². The van der Waals surface area contributed by atoms with E-state index in [4.69, 9.17) is 10.5 Å². The van der Waals surface area contributed by atoms with Crippen molar-refractivity contribution in [3.05, 3.63) is 22.6 Å². The van der Waals surface area contributed by atoms with Gasteiger partial charge < -0.3 is 15.4 Å². The fourth-order valence-corrected chi connectivity index (χ4v) is 1.99. The van der Waals surface area contributed by atoms with Gasteiger partial charge in [-0.05, 0) is 19.4 Å². The van der Waals surface area contributed by atoms with Gasteiger partial charge in [-0.1, -0.05) is 0 Å². The highest BCUT2D eigenvalue weighted by molar-refractivity contribution is 5.43. The van der Waals surface area contributed by atoms with E-state index in [1.807, 2.05) is 0 Å². The maximum atomic E-state index is 11.9. The number of anilines is 1. The molecule has 0 spiro atoms. The Balaban J connectivity index is 2.02. The van der Waals surface area contributed by atoms with Crippen LogP contribution in [0.2, 0.25) is 0 Å². The highest BCUT2D eigenvalue weighted by atomic mass is 16.5. The lowest BCUT2D eigenvalue weighted by molar-refractivity contribution is 0.122. The van der Waals surface area contributed by atoms with Crippen LogP contribution in [0.25, 0.3) is 0 Å². The van der Waals surface area contributed by atoms with Gasteiger partial charge in [0.15, 0.2) is 0 Å². The maximum absolute atomic E-state index is 11.9. The molecule has 1 saturated heterocycles. The molecule has 0 saturated carbocycles. The van der Waals surface area contributed by atoms with E-state index in [2.05, 4.69) is 10.00 Å². The molecule has 2 N–H and O–H groups in total. The summed E-state index contributed by atoms with van der Waals surface area (Å²) in [5.74, 6) is 0. The van der Waals surface area contributed by atoms with Gasteiger partial charge in [0.05, 0.1) is 25.1 Å². The number of hydrogen-bond donors (Lipinski definition) is 1. The molecule has 0 atom stereocenters. The Kier molecular flexibility index (Phi) is 4.72. The van der Waals surface area contributed by atoms with E-state index in [0.29, 0.717) is 26.3 Å². The molecule has 2 heterocycles. The number of ether oxygens (including phenoxy) is 1. The van der Waals surface area contributed by atoms with Crippen LogP contribution in [-0.4, -0.2) is 42.6 Å². The third kappa shape index (κ3) is 3.30. The molecule has 0 bridgehead atoms. The van der Waals surface area contributed by atoms with E-state index in [0.717, 1.165) is 31.6 Å². The van der Waals surface area contributed by atoms with Crippen molar-refractivity contribution in [2.45, 2.75) is 19.4 Å². The van der Waals surface area contributed by atoms with Gasteiger partial charge in [-0.25, -0.2) is 4.68 Å². The lowest BCUT2D eigenvalue weighted by Gasteiger charge is -2.28. The van der Waals surface area contributed by atoms with Crippen molar-refractivity contribution >= 4 is 5.69 Å². The van der Waals surface area contributed by atoms with Crippen molar-refractivity contribution in [1.82, 2.24) is 9.78 Å². The molecule has 1 aliphatic rings. The summed E-state index contributed by atoms with van der Waals surface area (Å²) in [5, 5.41) is 4.21. The summed E-state index contributed by atoms with van der Waals surface area (Å²) >= 11 is 0. The third-order valence-electron chi connectivity index (χ3n) is 3.06. The summed E-state index contributed by atoms with van der Waals surface area (Å²) in [6.45, 7) is 4.34. The highest BCUT2D eigenvalue weighted by Crippen LogP contribution is 2.11. The molecule has 0 unspecified atom stereocenters. The molecular formula is C12H20N4O2. The van der Waals surface area contributed by atoms with Gasteiger partial charge in [-0.2, -0.15) is 5.10 Å². The maximum Gasteiger partial charge on any atom is 0.268 e. The molecule has 1 aromatic rings. The van der Waals surface area contributed by atoms with Gasteiger partial charge >= 0.3 is 0 Å². The van der Waals surface area contributed by atoms with Gasteiger partial charge in [0.25, 0.3) is 5.56 Å². The normalized spacial score (nSPS) is 15.9. The first-order valence-electron chi connectivity index (χ1n) is 6.41. The quantitative estimate of drug-likeness (QED) is 0.736. The molecule has 0 aromatic carbocycles. The molecule has 100 valence electrons. The molecule has 1 fully saturated rings. The minimum absolute atomic E-state index is 0.0454. The Morgan fingerprint density at radius 3 is 2.78 bits per heavy atom. The molecule has 0 aliphatic carbocycles. The second kappa shape index (κ2) is 6.51. The fraction of sp³-hybridized carbons (Fsp3) is 0.667. The SMILES string of the molecule is NCCCCn1ncc(N2CCOCC2)cc1=O. The average molecular weight is 252 g/mol. The minimum atomic E-state index is -0.0454. The number of unbranched alkanes of at least 4 members (excludes halogenated alkanes) is 1. The topological polar surface area (TPSA) is 73.4 Å². The van der Waals surface area contributed by atoms with Crippen molar-refractivity contribution in [2.24, 2.45) is 5.73 Å². The van der Waals surface area contributed by atoms with E-state index in [9.17, 15) is 4.79 Å². The average Bonchev–Trinajstić information content (AvgIpc) is 2.42. The zero-order valence-electron chi connectivity index (χ0n) is 10.5.